The molecule has 98 valence electrons. The molecule has 3 nitrogen and oxygen atoms in total. The van der Waals surface area contributed by atoms with Crippen LogP contribution in [0.2, 0.25) is 0 Å². The van der Waals surface area contributed by atoms with E-state index < -0.39 is 0 Å². The number of aryl methyl sites for hydroxylation is 3. The molecule has 1 aromatic rings. The number of hydrogen-bond donors (Lipinski definition) is 2. The molecule has 0 bridgehead atoms. The fraction of sp³-hybridized carbons (Fsp3) is 0.500. The summed E-state index contributed by atoms with van der Waals surface area (Å²) >= 11 is 4.18. The first kappa shape index (κ1) is 13.3. The molecule has 1 heterocycles. The second-order valence-corrected chi connectivity index (χ2v) is 5.41. The first-order valence-corrected chi connectivity index (χ1v) is 6.90. The van der Waals surface area contributed by atoms with Crippen molar-refractivity contribution in [1.82, 2.24) is 10.2 Å². The summed E-state index contributed by atoms with van der Waals surface area (Å²) in [4.78, 5) is 13.6. The summed E-state index contributed by atoms with van der Waals surface area (Å²) in [7, 11) is 0. The van der Waals surface area contributed by atoms with Gasteiger partial charge in [-0.25, -0.2) is 4.79 Å². The van der Waals surface area contributed by atoms with Gasteiger partial charge in [-0.3, -0.25) is 0 Å². The minimum Gasteiger partial charge on any atom is -0.329 e. The topological polar surface area (TPSA) is 32.3 Å². The van der Waals surface area contributed by atoms with Crippen LogP contribution in [0, 0.1) is 20.8 Å². The number of benzene rings is 1. The summed E-state index contributed by atoms with van der Waals surface area (Å²) in [5.74, 6) is 0.700. The van der Waals surface area contributed by atoms with Crippen molar-refractivity contribution >= 4 is 18.7 Å². The molecule has 1 aliphatic heterocycles. The van der Waals surface area contributed by atoms with Crippen LogP contribution in [0.15, 0.2) is 12.1 Å². The van der Waals surface area contributed by atoms with Crippen molar-refractivity contribution in [2.24, 2.45) is 0 Å². The molecule has 0 radical (unpaired) electrons. The number of thiol groups is 1. The van der Waals surface area contributed by atoms with Gasteiger partial charge in [0.25, 0.3) is 0 Å². The Morgan fingerprint density at radius 1 is 1.28 bits per heavy atom. The van der Waals surface area contributed by atoms with Crippen molar-refractivity contribution in [3.8, 4) is 0 Å². The Kier molecular flexibility index (Phi) is 3.85. The number of urea groups is 1. The lowest BCUT2D eigenvalue weighted by Gasteiger charge is -2.16. The number of rotatable bonds is 3. The number of hydrogen-bond acceptors (Lipinski definition) is 2. The summed E-state index contributed by atoms with van der Waals surface area (Å²) in [5.41, 5.74) is 5.05. The van der Waals surface area contributed by atoms with Gasteiger partial charge < -0.3 is 10.2 Å². The van der Waals surface area contributed by atoms with Gasteiger partial charge in [0.2, 0.25) is 0 Å². The molecule has 0 aromatic heterocycles. The smallest absolute Gasteiger partial charge is 0.318 e. The zero-order chi connectivity index (χ0) is 13.3. The SMILES string of the molecule is Cc1cc(C)c(C2CN(CCS)C(=O)N2)cc1C. The second kappa shape index (κ2) is 5.22. The Labute approximate surface area is 114 Å². The van der Waals surface area contributed by atoms with Crippen molar-refractivity contribution in [2.45, 2.75) is 26.8 Å². The van der Waals surface area contributed by atoms with Crippen molar-refractivity contribution in [3.63, 3.8) is 0 Å². The molecule has 0 saturated carbocycles. The largest absolute Gasteiger partial charge is 0.329 e. The van der Waals surface area contributed by atoms with Crippen LogP contribution in [0.1, 0.15) is 28.3 Å². The van der Waals surface area contributed by atoms with Crippen LogP contribution in [-0.4, -0.2) is 29.8 Å². The van der Waals surface area contributed by atoms with Crippen LogP contribution in [0.4, 0.5) is 4.79 Å². The van der Waals surface area contributed by atoms with E-state index in [2.05, 4.69) is 50.8 Å². The predicted octanol–water partition coefficient (Wildman–Crippen LogP) is 2.61. The average molecular weight is 264 g/mol. The maximum absolute atomic E-state index is 11.8. The number of nitrogens with zero attached hydrogens (tertiary/aromatic N) is 1. The summed E-state index contributed by atoms with van der Waals surface area (Å²) in [6.45, 7) is 7.78. The van der Waals surface area contributed by atoms with E-state index in [0.717, 1.165) is 6.54 Å². The normalized spacial score (nSPS) is 19.2. The standard InChI is InChI=1S/C14H20N2OS/c1-9-6-11(3)12(7-10(9)2)13-8-16(4-5-18)14(17)15-13/h6-7,13,18H,4-5,8H2,1-3H3,(H,15,17). The van der Waals surface area contributed by atoms with Gasteiger partial charge in [-0.05, 0) is 43.0 Å². The third-order valence-electron chi connectivity index (χ3n) is 3.62. The lowest BCUT2D eigenvalue weighted by Crippen LogP contribution is -2.29. The van der Waals surface area contributed by atoms with Crippen LogP contribution < -0.4 is 5.32 Å². The van der Waals surface area contributed by atoms with Crippen LogP contribution >= 0.6 is 12.6 Å². The van der Waals surface area contributed by atoms with E-state index in [4.69, 9.17) is 0 Å². The average Bonchev–Trinajstić information content (AvgIpc) is 2.66. The molecular weight excluding hydrogens is 244 g/mol. The molecule has 4 heteroatoms. The van der Waals surface area contributed by atoms with E-state index in [-0.39, 0.29) is 12.1 Å². The summed E-state index contributed by atoms with van der Waals surface area (Å²) in [6.07, 6.45) is 0. The highest BCUT2D eigenvalue weighted by atomic mass is 32.1. The molecule has 2 rings (SSSR count). The van der Waals surface area contributed by atoms with Crippen LogP contribution in [-0.2, 0) is 0 Å². The summed E-state index contributed by atoms with van der Waals surface area (Å²) in [5, 5.41) is 3.05. The van der Waals surface area contributed by atoms with Gasteiger partial charge in [-0.2, -0.15) is 12.6 Å². The fourth-order valence-electron chi connectivity index (χ4n) is 2.44. The third-order valence-corrected chi connectivity index (χ3v) is 3.82. The summed E-state index contributed by atoms with van der Waals surface area (Å²) in [6, 6.07) is 4.51. The van der Waals surface area contributed by atoms with Gasteiger partial charge in [0.15, 0.2) is 0 Å². The first-order valence-electron chi connectivity index (χ1n) is 6.27. The molecule has 1 N–H and O–H groups in total. The van der Waals surface area contributed by atoms with E-state index in [1.165, 1.54) is 22.3 Å². The van der Waals surface area contributed by atoms with Crippen molar-refractivity contribution in [3.05, 3.63) is 34.4 Å². The first-order chi connectivity index (χ1) is 8.52. The Morgan fingerprint density at radius 3 is 2.61 bits per heavy atom. The number of carbonyl (C=O) groups is 1. The molecule has 0 spiro atoms. The van der Waals surface area contributed by atoms with Crippen LogP contribution in [0.5, 0.6) is 0 Å². The van der Waals surface area contributed by atoms with Gasteiger partial charge in [0, 0.05) is 18.8 Å². The fourth-order valence-corrected chi connectivity index (χ4v) is 2.68. The van der Waals surface area contributed by atoms with Crippen molar-refractivity contribution in [1.29, 1.82) is 0 Å². The number of amides is 2. The van der Waals surface area contributed by atoms with E-state index >= 15 is 0 Å². The molecule has 2 amide bonds. The summed E-state index contributed by atoms with van der Waals surface area (Å²) < 4.78 is 0. The molecule has 18 heavy (non-hydrogen) atoms. The highest BCUT2D eigenvalue weighted by Crippen LogP contribution is 2.25. The Hall–Kier alpha value is -1.16. The minimum atomic E-state index is 0.0201. The third kappa shape index (κ3) is 2.48. The molecule has 0 aliphatic carbocycles. The van der Waals surface area contributed by atoms with Crippen molar-refractivity contribution in [2.75, 3.05) is 18.8 Å². The van der Waals surface area contributed by atoms with Crippen LogP contribution in [0.25, 0.3) is 0 Å². The Morgan fingerprint density at radius 2 is 1.94 bits per heavy atom. The molecule has 1 aromatic carbocycles. The zero-order valence-electron chi connectivity index (χ0n) is 11.2. The molecular formula is C14H20N2OS. The maximum Gasteiger partial charge on any atom is 0.318 e. The van der Waals surface area contributed by atoms with E-state index in [1.807, 2.05) is 4.90 Å². The molecule has 1 fully saturated rings. The number of carbonyl (C=O) groups excluding carboxylic acids is 1. The van der Waals surface area contributed by atoms with E-state index in [0.29, 0.717) is 12.3 Å². The molecule has 1 atom stereocenters. The van der Waals surface area contributed by atoms with Gasteiger partial charge in [0.1, 0.15) is 0 Å². The minimum absolute atomic E-state index is 0.0201. The zero-order valence-corrected chi connectivity index (χ0v) is 12.1. The lowest BCUT2D eigenvalue weighted by molar-refractivity contribution is 0.220. The highest BCUT2D eigenvalue weighted by molar-refractivity contribution is 7.80. The van der Waals surface area contributed by atoms with E-state index in [9.17, 15) is 4.79 Å². The number of nitrogens with one attached hydrogen (secondary N) is 1. The predicted molar refractivity (Wildman–Crippen MR) is 77.4 cm³/mol. The maximum atomic E-state index is 11.8. The van der Waals surface area contributed by atoms with Crippen LogP contribution in [0.3, 0.4) is 0 Å². The molecule has 1 saturated heterocycles. The van der Waals surface area contributed by atoms with Gasteiger partial charge >= 0.3 is 6.03 Å². The monoisotopic (exact) mass is 264 g/mol. The second-order valence-electron chi connectivity index (χ2n) is 4.96. The van der Waals surface area contributed by atoms with Gasteiger partial charge in [-0.1, -0.05) is 12.1 Å². The molecule has 1 unspecified atom stereocenters. The highest BCUT2D eigenvalue weighted by Gasteiger charge is 2.29. The van der Waals surface area contributed by atoms with Gasteiger partial charge in [-0.15, -0.1) is 0 Å². The molecule has 1 aliphatic rings. The Balaban J connectivity index is 2.23. The quantitative estimate of drug-likeness (QED) is 0.808. The lowest BCUT2D eigenvalue weighted by atomic mass is 9.96. The van der Waals surface area contributed by atoms with E-state index in [1.54, 1.807) is 0 Å². The Bertz CT molecular complexity index is 473. The van der Waals surface area contributed by atoms with Gasteiger partial charge in [0.05, 0.1) is 6.04 Å². The van der Waals surface area contributed by atoms with Crippen molar-refractivity contribution < 1.29 is 4.79 Å².